The van der Waals surface area contributed by atoms with Crippen LogP contribution in [0.4, 0.5) is 4.39 Å². The minimum absolute atomic E-state index is 0.110. The number of ketones is 1. The van der Waals surface area contributed by atoms with Crippen LogP contribution in [0.5, 0.6) is 0 Å². The first kappa shape index (κ1) is 11.9. The molecule has 1 aromatic rings. The van der Waals surface area contributed by atoms with Crippen molar-refractivity contribution in [3.8, 4) is 0 Å². The van der Waals surface area contributed by atoms with Crippen molar-refractivity contribution in [2.24, 2.45) is 0 Å². The normalized spacial score (nSPS) is 11.5. The topological polar surface area (TPSA) is 26.3 Å². The molecule has 1 aromatic carbocycles. The van der Waals surface area contributed by atoms with Gasteiger partial charge in [-0.2, -0.15) is 0 Å². The van der Waals surface area contributed by atoms with E-state index >= 15 is 0 Å². The first-order chi connectivity index (χ1) is 6.94. The molecule has 0 heterocycles. The van der Waals surface area contributed by atoms with Gasteiger partial charge in [0.25, 0.3) is 0 Å². The van der Waals surface area contributed by atoms with Gasteiger partial charge in [0.05, 0.1) is 5.60 Å². The fourth-order valence-electron chi connectivity index (χ4n) is 1.22. The molecule has 0 aliphatic rings. The molecule has 0 saturated heterocycles. The number of ether oxygens (including phenoxy) is 1. The smallest absolute Gasteiger partial charge is 0.165 e. The van der Waals surface area contributed by atoms with E-state index in [1.54, 1.807) is 13.2 Å². The summed E-state index contributed by atoms with van der Waals surface area (Å²) in [6, 6.07) is 5.70. The van der Waals surface area contributed by atoms with Crippen LogP contribution in [-0.2, 0) is 4.74 Å². The Morgan fingerprint density at radius 2 is 2.13 bits per heavy atom. The Labute approximate surface area is 89.1 Å². The Hall–Kier alpha value is -1.22. The second-order valence-electron chi connectivity index (χ2n) is 4.07. The van der Waals surface area contributed by atoms with Crippen LogP contribution in [0.3, 0.4) is 0 Å². The maximum absolute atomic E-state index is 12.9. The van der Waals surface area contributed by atoms with Gasteiger partial charge in [0.15, 0.2) is 5.78 Å². The van der Waals surface area contributed by atoms with Gasteiger partial charge in [0.1, 0.15) is 5.82 Å². The predicted molar refractivity (Wildman–Crippen MR) is 56.4 cm³/mol. The Morgan fingerprint density at radius 3 is 2.67 bits per heavy atom. The van der Waals surface area contributed by atoms with E-state index in [1.807, 2.05) is 13.8 Å². The average molecular weight is 210 g/mol. The van der Waals surface area contributed by atoms with Gasteiger partial charge >= 0.3 is 0 Å². The molecule has 3 heteroatoms. The van der Waals surface area contributed by atoms with Crippen LogP contribution < -0.4 is 0 Å². The van der Waals surface area contributed by atoms with Crippen molar-refractivity contribution in [1.82, 2.24) is 0 Å². The van der Waals surface area contributed by atoms with E-state index in [1.165, 1.54) is 18.2 Å². The molecule has 82 valence electrons. The van der Waals surface area contributed by atoms with E-state index in [2.05, 4.69) is 0 Å². The van der Waals surface area contributed by atoms with E-state index < -0.39 is 11.4 Å². The van der Waals surface area contributed by atoms with E-state index in [-0.39, 0.29) is 12.2 Å². The highest BCUT2D eigenvalue weighted by molar-refractivity contribution is 5.96. The molecule has 0 spiro atoms. The highest BCUT2D eigenvalue weighted by Crippen LogP contribution is 2.17. The van der Waals surface area contributed by atoms with Gasteiger partial charge in [0, 0.05) is 19.1 Å². The summed E-state index contributed by atoms with van der Waals surface area (Å²) >= 11 is 0. The van der Waals surface area contributed by atoms with Crippen molar-refractivity contribution < 1.29 is 13.9 Å². The number of hydrogen-bond donors (Lipinski definition) is 0. The average Bonchev–Trinajstić information content (AvgIpc) is 2.17. The van der Waals surface area contributed by atoms with E-state index in [0.29, 0.717) is 5.56 Å². The SMILES string of the molecule is COC(C)(C)CC(=O)c1cccc(F)c1. The summed E-state index contributed by atoms with van der Waals surface area (Å²) in [6.45, 7) is 3.65. The molecule has 0 atom stereocenters. The molecule has 15 heavy (non-hydrogen) atoms. The molecule has 0 aliphatic carbocycles. The zero-order valence-electron chi connectivity index (χ0n) is 9.21. The summed E-state index contributed by atoms with van der Waals surface area (Å²) in [5.74, 6) is -0.502. The van der Waals surface area contributed by atoms with Crippen molar-refractivity contribution >= 4 is 5.78 Å². The first-order valence-corrected chi connectivity index (χ1v) is 4.78. The molecule has 0 aromatic heterocycles. The van der Waals surface area contributed by atoms with Crippen molar-refractivity contribution in [3.63, 3.8) is 0 Å². The predicted octanol–water partition coefficient (Wildman–Crippen LogP) is 2.82. The number of Topliss-reactive ketones (excluding diaryl/α,β-unsaturated/α-hetero) is 1. The van der Waals surface area contributed by atoms with Gasteiger partial charge in [-0.25, -0.2) is 4.39 Å². The van der Waals surface area contributed by atoms with Gasteiger partial charge in [-0.05, 0) is 26.0 Å². The lowest BCUT2D eigenvalue weighted by molar-refractivity contribution is 0.0172. The fourth-order valence-corrected chi connectivity index (χ4v) is 1.22. The largest absolute Gasteiger partial charge is 0.378 e. The summed E-state index contributed by atoms with van der Waals surface area (Å²) in [6.07, 6.45) is 0.243. The fraction of sp³-hybridized carbons (Fsp3) is 0.417. The summed E-state index contributed by atoms with van der Waals surface area (Å²) in [4.78, 5) is 11.7. The summed E-state index contributed by atoms with van der Waals surface area (Å²) < 4.78 is 18.0. The zero-order valence-corrected chi connectivity index (χ0v) is 9.21. The highest BCUT2D eigenvalue weighted by Gasteiger charge is 2.21. The van der Waals surface area contributed by atoms with Crippen LogP contribution in [0, 0.1) is 5.82 Å². The van der Waals surface area contributed by atoms with Gasteiger partial charge < -0.3 is 4.74 Å². The molecule has 0 fully saturated rings. The second-order valence-corrected chi connectivity index (χ2v) is 4.07. The number of rotatable bonds is 4. The lowest BCUT2D eigenvalue weighted by atomic mass is 9.97. The third-order valence-corrected chi connectivity index (χ3v) is 2.29. The lowest BCUT2D eigenvalue weighted by Gasteiger charge is -2.21. The minimum atomic E-state index is -0.511. The van der Waals surface area contributed by atoms with Gasteiger partial charge in [0.2, 0.25) is 0 Å². The van der Waals surface area contributed by atoms with Gasteiger partial charge in [-0.15, -0.1) is 0 Å². The third-order valence-electron chi connectivity index (χ3n) is 2.29. The van der Waals surface area contributed by atoms with E-state index in [4.69, 9.17) is 4.74 Å². The number of halogens is 1. The molecule has 0 saturated carbocycles. The molecular weight excluding hydrogens is 195 g/mol. The lowest BCUT2D eigenvalue weighted by Crippen LogP contribution is -2.26. The Balaban J connectivity index is 2.78. The van der Waals surface area contributed by atoms with Crippen LogP contribution in [-0.4, -0.2) is 18.5 Å². The Kier molecular flexibility index (Phi) is 3.58. The van der Waals surface area contributed by atoms with Crippen LogP contribution in [0.25, 0.3) is 0 Å². The molecule has 0 radical (unpaired) electrons. The Bertz CT molecular complexity index is 358. The maximum atomic E-state index is 12.9. The van der Waals surface area contributed by atoms with Gasteiger partial charge in [-0.3, -0.25) is 4.79 Å². The summed E-state index contributed by atoms with van der Waals surface area (Å²) in [5.41, 5.74) is -0.122. The van der Waals surface area contributed by atoms with Crippen LogP contribution in [0.15, 0.2) is 24.3 Å². The number of carbonyl (C=O) groups is 1. The number of methoxy groups -OCH3 is 1. The molecule has 0 bridgehead atoms. The van der Waals surface area contributed by atoms with Crippen molar-refractivity contribution in [1.29, 1.82) is 0 Å². The van der Waals surface area contributed by atoms with E-state index in [0.717, 1.165) is 0 Å². The highest BCUT2D eigenvalue weighted by atomic mass is 19.1. The quantitative estimate of drug-likeness (QED) is 0.714. The van der Waals surface area contributed by atoms with Crippen molar-refractivity contribution in [2.45, 2.75) is 25.9 Å². The van der Waals surface area contributed by atoms with Crippen molar-refractivity contribution in [2.75, 3.05) is 7.11 Å². The first-order valence-electron chi connectivity index (χ1n) is 4.78. The number of benzene rings is 1. The van der Waals surface area contributed by atoms with Gasteiger partial charge in [-0.1, -0.05) is 12.1 Å². The van der Waals surface area contributed by atoms with Crippen LogP contribution >= 0.6 is 0 Å². The Morgan fingerprint density at radius 1 is 1.47 bits per heavy atom. The van der Waals surface area contributed by atoms with Crippen molar-refractivity contribution in [3.05, 3.63) is 35.6 Å². The number of hydrogen-bond acceptors (Lipinski definition) is 2. The molecule has 2 nitrogen and oxygen atoms in total. The monoisotopic (exact) mass is 210 g/mol. The van der Waals surface area contributed by atoms with Crippen LogP contribution in [0.1, 0.15) is 30.6 Å². The molecular formula is C12H15FO2. The number of carbonyl (C=O) groups excluding carboxylic acids is 1. The molecule has 1 rings (SSSR count). The minimum Gasteiger partial charge on any atom is -0.378 e. The maximum Gasteiger partial charge on any atom is 0.165 e. The van der Waals surface area contributed by atoms with E-state index in [9.17, 15) is 9.18 Å². The summed E-state index contributed by atoms with van der Waals surface area (Å²) in [7, 11) is 1.55. The second kappa shape index (κ2) is 4.53. The third kappa shape index (κ3) is 3.44. The standard InChI is InChI=1S/C12H15FO2/c1-12(2,15-3)8-11(14)9-5-4-6-10(13)7-9/h4-7H,8H2,1-3H3. The molecule has 0 amide bonds. The zero-order chi connectivity index (χ0) is 11.5. The molecule has 0 unspecified atom stereocenters. The summed E-state index contributed by atoms with van der Waals surface area (Å²) in [5, 5.41) is 0. The molecule has 0 N–H and O–H groups in total. The molecule has 0 aliphatic heterocycles. The van der Waals surface area contributed by atoms with Crippen LogP contribution in [0.2, 0.25) is 0 Å².